The molecule has 1 aromatic carbocycles. The van der Waals surface area contributed by atoms with Gasteiger partial charge < -0.3 is 10.3 Å². The number of hydrogen-bond donors (Lipinski definition) is 1. The van der Waals surface area contributed by atoms with Crippen molar-refractivity contribution in [3.8, 4) is 0 Å². The van der Waals surface area contributed by atoms with E-state index in [1.807, 2.05) is 19.9 Å². The average molecular weight is 176 g/mol. The Labute approximate surface area is 76.5 Å². The Balaban J connectivity index is 2.87. The van der Waals surface area contributed by atoms with E-state index in [-0.39, 0.29) is 0 Å². The number of nitrogens with zero attached hydrogens (tertiary/aromatic N) is 1. The van der Waals surface area contributed by atoms with Crippen LogP contribution in [0.2, 0.25) is 0 Å². The maximum atomic E-state index is 5.59. The summed E-state index contributed by atoms with van der Waals surface area (Å²) in [6.45, 7) is 4.48. The van der Waals surface area contributed by atoms with Gasteiger partial charge in [-0.05, 0) is 19.4 Å². The van der Waals surface area contributed by atoms with Gasteiger partial charge in [0.25, 0.3) is 0 Å². The lowest BCUT2D eigenvalue weighted by molar-refractivity contribution is 0.448. The van der Waals surface area contributed by atoms with Crippen LogP contribution in [0.1, 0.15) is 16.8 Å². The number of benzene rings is 1. The minimum atomic E-state index is 0.491. The van der Waals surface area contributed by atoms with Gasteiger partial charge in [-0.2, -0.15) is 0 Å². The summed E-state index contributed by atoms with van der Waals surface area (Å²) in [5.41, 5.74) is 9.56. The Morgan fingerprint density at radius 2 is 2.15 bits per heavy atom. The van der Waals surface area contributed by atoms with Gasteiger partial charge in [0.2, 0.25) is 0 Å². The standard InChI is InChI=1S/C10H12N2O/c1-6-3-4-8(5-11)10-9(6)7(2)12-13-10/h3-4H,5,11H2,1-2H3. The quantitative estimate of drug-likeness (QED) is 0.722. The molecule has 0 atom stereocenters. The van der Waals surface area contributed by atoms with Crippen molar-refractivity contribution in [2.75, 3.05) is 0 Å². The van der Waals surface area contributed by atoms with Gasteiger partial charge in [-0.25, -0.2) is 0 Å². The third-order valence-corrected chi connectivity index (χ3v) is 2.30. The molecule has 13 heavy (non-hydrogen) atoms. The molecule has 0 spiro atoms. The molecule has 68 valence electrons. The summed E-state index contributed by atoms with van der Waals surface area (Å²) >= 11 is 0. The smallest absolute Gasteiger partial charge is 0.171 e. The normalized spacial score (nSPS) is 11.0. The van der Waals surface area contributed by atoms with Crippen LogP contribution in [0.5, 0.6) is 0 Å². The lowest BCUT2D eigenvalue weighted by atomic mass is 10.1. The highest BCUT2D eigenvalue weighted by atomic mass is 16.5. The SMILES string of the molecule is Cc1ccc(CN)c2onc(C)c12. The lowest BCUT2D eigenvalue weighted by Gasteiger charge is -1.99. The summed E-state index contributed by atoms with van der Waals surface area (Å²) in [4.78, 5) is 0. The molecule has 1 aromatic heterocycles. The van der Waals surface area contributed by atoms with Crippen LogP contribution in [0.15, 0.2) is 16.7 Å². The Morgan fingerprint density at radius 1 is 1.38 bits per heavy atom. The zero-order valence-corrected chi connectivity index (χ0v) is 7.79. The second kappa shape index (κ2) is 2.85. The Hall–Kier alpha value is -1.35. The van der Waals surface area contributed by atoms with Gasteiger partial charge in [0.1, 0.15) is 0 Å². The maximum Gasteiger partial charge on any atom is 0.171 e. The van der Waals surface area contributed by atoms with Crippen LogP contribution in [-0.4, -0.2) is 5.16 Å². The Bertz CT molecular complexity index is 445. The van der Waals surface area contributed by atoms with E-state index in [1.165, 1.54) is 5.56 Å². The molecule has 0 amide bonds. The number of nitrogens with two attached hydrogens (primary N) is 1. The van der Waals surface area contributed by atoms with E-state index in [1.54, 1.807) is 0 Å². The number of aromatic nitrogens is 1. The molecule has 0 aliphatic rings. The maximum absolute atomic E-state index is 5.59. The fraction of sp³-hybridized carbons (Fsp3) is 0.300. The van der Waals surface area contributed by atoms with Gasteiger partial charge in [0, 0.05) is 17.5 Å². The predicted molar refractivity (Wildman–Crippen MR) is 51.4 cm³/mol. The van der Waals surface area contributed by atoms with Crippen molar-refractivity contribution in [3.05, 3.63) is 29.0 Å². The second-order valence-corrected chi connectivity index (χ2v) is 3.22. The topological polar surface area (TPSA) is 52.0 Å². The minimum absolute atomic E-state index is 0.491. The molecule has 0 aliphatic carbocycles. The molecular formula is C10H12N2O. The molecular weight excluding hydrogens is 164 g/mol. The van der Waals surface area contributed by atoms with E-state index in [2.05, 4.69) is 11.2 Å². The molecule has 1 heterocycles. The van der Waals surface area contributed by atoms with Crippen molar-refractivity contribution < 1.29 is 4.52 Å². The summed E-state index contributed by atoms with van der Waals surface area (Å²) in [6.07, 6.45) is 0. The minimum Gasteiger partial charge on any atom is -0.356 e. The molecule has 0 unspecified atom stereocenters. The fourth-order valence-electron chi connectivity index (χ4n) is 1.60. The van der Waals surface area contributed by atoms with E-state index < -0.39 is 0 Å². The molecule has 0 bridgehead atoms. The third-order valence-electron chi connectivity index (χ3n) is 2.30. The van der Waals surface area contributed by atoms with Crippen molar-refractivity contribution in [1.29, 1.82) is 0 Å². The summed E-state index contributed by atoms with van der Waals surface area (Å²) in [7, 11) is 0. The first-order valence-corrected chi connectivity index (χ1v) is 4.28. The highest BCUT2D eigenvalue weighted by Gasteiger charge is 2.09. The van der Waals surface area contributed by atoms with Gasteiger partial charge in [-0.1, -0.05) is 17.3 Å². The van der Waals surface area contributed by atoms with Crippen molar-refractivity contribution in [1.82, 2.24) is 5.16 Å². The summed E-state index contributed by atoms with van der Waals surface area (Å²) < 4.78 is 5.22. The predicted octanol–water partition coefficient (Wildman–Crippen LogP) is 1.90. The van der Waals surface area contributed by atoms with Gasteiger partial charge in [-0.3, -0.25) is 0 Å². The molecule has 0 radical (unpaired) electrons. The summed E-state index contributed by atoms with van der Waals surface area (Å²) in [6, 6.07) is 4.04. The Morgan fingerprint density at radius 3 is 2.85 bits per heavy atom. The Kier molecular flexibility index (Phi) is 1.81. The number of aryl methyl sites for hydroxylation is 2. The first kappa shape index (κ1) is 8.26. The van der Waals surface area contributed by atoms with Crippen molar-refractivity contribution >= 4 is 11.0 Å². The highest BCUT2D eigenvalue weighted by Crippen LogP contribution is 2.24. The fourth-order valence-corrected chi connectivity index (χ4v) is 1.60. The van der Waals surface area contributed by atoms with E-state index in [4.69, 9.17) is 10.3 Å². The number of hydrogen-bond acceptors (Lipinski definition) is 3. The molecule has 2 N–H and O–H groups in total. The third kappa shape index (κ3) is 1.12. The van der Waals surface area contributed by atoms with Crippen LogP contribution in [0.25, 0.3) is 11.0 Å². The van der Waals surface area contributed by atoms with Crippen LogP contribution in [0.3, 0.4) is 0 Å². The van der Waals surface area contributed by atoms with E-state index >= 15 is 0 Å². The van der Waals surface area contributed by atoms with Crippen molar-refractivity contribution in [2.24, 2.45) is 5.73 Å². The average Bonchev–Trinajstić information content (AvgIpc) is 2.50. The first-order valence-electron chi connectivity index (χ1n) is 4.28. The van der Waals surface area contributed by atoms with Crippen LogP contribution < -0.4 is 5.73 Å². The van der Waals surface area contributed by atoms with Crippen LogP contribution in [0, 0.1) is 13.8 Å². The molecule has 3 heteroatoms. The molecule has 2 aromatic rings. The van der Waals surface area contributed by atoms with E-state index in [9.17, 15) is 0 Å². The van der Waals surface area contributed by atoms with Crippen LogP contribution in [-0.2, 0) is 6.54 Å². The van der Waals surface area contributed by atoms with Crippen LogP contribution >= 0.6 is 0 Å². The summed E-state index contributed by atoms with van der Waals surface area (Å²) in [5.74, 6) is 0. The number of fused-ring (bicyclic) bond motifs is 1. The molecule has 0 aliphatic heterocycles. The van der Waals surface area contributed by atoms with Crippen molar-refractivity contribution in [3.63, 3.8) is 0 Å². The molecule has 0 saturated carbocycles. The number of rotatable bonds is 1. The van der Waals surface area contributed by atoms with Gasteiger partial charge >= 0.3 is 0 Å². The highest BCUT2D eigenvalue weighted by molar-refractivity contribution is 5.85. The zero-order chi connectivity index (χ0) is 9.42. The van der Waals surface area contributed by atoms with Gasteiger partial charge in [0.05, 0.1) is 5.69 Å². The molecule has 0 saturated heterocycles. The van der Waals surface area contributed by atoms with E-state index in [0.29, 0.717) is 6.54 Å². The molecule has 2 rings (SSSR count). The first-order chi connectivity index (χ1) is 6.24. The van der Waals surface area contributed by atoms with E-state index in [0.717, 1.165) is 22.2 Å². The molecule has 3 nitrogen and oxygen atoms in total. The van der Waals surface area contributed by atoms with Crippen LogP contribution in [0.4, 0.5) is 0 Å². The second-order valence-electron chi connectivity index (χ2n) is 3.22. The van der Waals surface area contributed by atoms with Crippen molar-refractivity contribution in [2.45, 2.75) is 20.4 Å². The largest absolute Gasteiger partial charge is 0.356 e. The van der Waals surface area contributed by atoms with Gasteiger partial charge in [-0.15, -0.1) is 0 Å². The molecule has 0 fully saturated rings. The lowest BCUT2D eigenvalue weighted by Crippen LogP contribution is -1.96. The zero-order valence-electron chi connectivity index (χ0n) is 7.79. The summed E-state index contributed by atoms with van der Waals surface area (Å²) in [5, 5.41) is 5.03. The van der Waals surface area contributed by atoms with Gasteiger partial charge in [0.15, 0.2) is 5.58 Å². The monoisotopic (exact) mass is 176 g/mol.